The van der Waals surface area contributed by atoms with Crippen molar-refractivity contribution in [3.05, 3.63) is 35.4 Å². The van der Waals surface area contributed by atoms with E-state index in [1.807, 2.05) is 31.1 Å². The van der Waals surface area contributed by atoms with Crippen molar-refractivity contribution in [1.29, 1.82) is 0 Å². The number of benzene rings is 1. The summed E-state index contributed by atoms with van der Waals surface area (Å²) in [4.78, 5) is 26.0. The molecule has 0 unspecified atom stereocenters. The number of carbonyl (C=O) groups is 2. The lowest BCUT2D eigenvalue weighted by Crippen LogP contribution is -2.35. The molecule has 0 saturated heterocycles. The Kier molecular flexibility index (Phi) is 5.75. The normalized spacial score (nSPS) is 10.1. The monoisotopic (exact) mass is 274 g/mol. The van der Waals surface area contributed by atoms with Crippen LogP contribution < -0.4 is 0 Å². The summed E-state index contributed by atoms with van der Waals surface area (Å²) in [6, 6.07) is 7.07. The highest BCUT2D eigenvalue weighted by atomic mass is 16.4. The second kappa shape index (κ2) is 7.31. The van der Waals surface area contributed by atoms with Crippen LogP contribution in [0.25, 0.3) is 0 Å². The Morgan fingerprint density at radius 2 is 1.85 bits per heavy atom. The number of rotatable bonds is 6. The van der Waals surface area contributed by atoms with Gasteiger partial charge in [0.05, 0.1) is 6.54 Å². The molecule has 1 aromatic rings. The maximum absolute atomic E-state index is 12.2. The number of amides is 1. The largest absolute Gasteiger partial charge is 0.480 e. The third-order valence-electron chi connectivity index (χ3n) is 2.60. The van der Waals surface area contributed by atoms with Crippen LogP contribution in [0.3, 0.4) is 0 Å². The first kappa shape index (κ1) is 15.7. The van der Waals surface area contributed by atoms with Gasteiger partial charge in [0, 0.05) is 12.1 Å². The summed E-state index contributed by atoms with van der Waals surface area (Å²) in [6.45, 7) is 0.352. The highest BCUT2D eigenvalue weighted by Crippen LogP contribution is 2.09. The highest BCUT2D eigenvalue weighted by Gasteiger charge is 2.17. The molecule has 5 nitrogen and oxygen atoms in total. The van der Waals surface area contributed by atoms with Crippen molar-refractivity contribution in [3.8, 4) is 12.3 Å². The highest BCUT2D eigenvalue weighted by molar-refractivity contribution is 5.96. The van der Waals surface area contributed by atoms with Crippen molar-refractivity contribution >= 4 is 11.9 Å². The molecule has 1 aromatic carbocycles. The second-order valence-corrected chi connectivity index (χ2v) is 4.69. The molecule has 0 aliphatic rings. The first-order valence-corrected chi connectivity index (χ1v) is 6.12. The Morgan fingerprint density at radius 1 is 1.25 bits per heavy atom. The van der Waals surface area contributed by atoms with Gasteiger partial charge >= 0.3 is 5.97 Å². The second-order valence-electron chi connectivity index (χ2n) is 4.69. The Bertz CT molecular complexity index is 515. The quantitative estimate of drug-likeness (QED) is 0.783. The smallest absolute Gasteiger partial charge is 0.323 e. The summed E-state index contributed by atoms with van der Waals surface area (Å²) in [7, 11) is 3.92. The molecule has 0 aliphatic heterocycles. The van der Waals surface area contributed by atoms with Crippen LogP contribution in [-0.4, -0.2) is 54.0 Å². The predicted molar refractivity (Wildman–Crippen MR) is 76.2 cm³/mol. The van der Waals surface area contributed by atoms with Gasteiger partial charge < -0.3 is 14.9 Å². The van der Waals surface area contributed by atoms with Gasteiger partial charge in [0.15, 0.2) is 0 Å². The molecule has 20 heavy (non-hydrogen) atoms. The summed E-state index contributed by atoms with van der Waals surface area (Å²) in [5, 5.41) is 8.78. The Morgan fingerprint density at radius 3 is 2.30 bits per heavy atom. The molecule has 0 radical (unpaired) electrons. The molecule has 0 aromatic heterocycles. The van der Waals surface area contributed by atoms with Crippen molar-refractivity contribution in [2.24, 2.45) is 0 Å². The maximum atomic E-state index is 12.2. The van der Waals surface area contributed by atoms with Gasteiger partial charge in [-0.05, 0) is 31.8 Å². The first-order valence-electron chi connectivity index (χ1n) is 6.12. The predicted octanol–water partition coefficient (Wildman–Crippen LogP) is 0.908. The van der Waals surface area contributed by atoms with E-state index < -0.39 is 12.5 Å². The van der Waals surface area contributed by atoms with E-state index in [4.69, 9.17) is 11.5 Å². The third-order valence-corrected chi connectivity index (χ3v) is 2.60. The van der Waals surface area contributed by atoms with Crippen LogP contribution in [0.5, 0.6) is 0 Å². The number of carbonyl (C=O) groups excluding carboxylic acids is 1. The van der Waals surface area contributed by atoms with Crippen LogP contribution in [0.2, 0.25) is 0 Å². The molecule has 106 valence electrons. The van der Waals surface area contributed by atoms with Crippen LogP contribution in [-0.2, 0) is 11.3 Å². The molecular weight excluding hydrogens is 256 g/mol. The van der Waals surface area contributed by atoms with Crippen LogP contribution in [0.4, 0.5) is 0 Å². The van der Waals surface area contributed by atoms with E-state index in [0.717, 1.165) is 17.0 Å². The van der Waals surface area contributed by atoms with Crippen LogP contribution in [0.15, 0.2) is 24.3 Å². The Labute approximate surface area is 118 Å². The van der Waals surface area contributed by atoms with Crippen molar-refractivity contribution < 1.29 is 14.7 Å². The van der Waals surface area contributed by atoms with E-state index in [0.29, 0.717) is 5.56 Å². The zero-order valence-electron chi connectivity index (χ0n) is 11.7. The fourth-order valence-corrected chi connectivity index (χ4v) is 1.77. The Hall–Kier alpha value is -2.32. The minimum atomic E-state index is -1.09. The summed E-state index contributed by atoms with van der Waals surface area (Å²) < 4.78 is 0. The first-order chi connectivity index (χ1) is 9.43. The van der Waals surface area contributed by atoms with Crippen molar-refractivity contribution in [3.63, 3.8) is 0 Å². The molecular formula is C15H18N2O3. The zero-order chi connectivity index (χ0) is 15.1. The average Bonchev–Trinajstić information content (AvgIpc) is 2.37. The van der Waals surface area contributed by atoms with Crippen LogP contribution in [0.1, 0.15) is 15.9 Å². The van der Waals surface area contributed by atoms with Gasteiger partial charge in [-0.15, -0.1) is 6.42 Å². The molecule has 1 amide bonds. The van der Waals surface area contributed by atoms with Crippen LogP contribution in [0, 0.1) is 12.3 Å². The summed E-state index contributed by atoms with van der Waals surface area (Å²) in [6.07, 6.45) is 5.16. The van der Waals surface area contributed by atoms with Gasteiger partial charge in [-0.1, -0.05) is 18.1 Å². The summed E-state index contributed by atoms with van der Waals surface area (Å²) >= 11 is 0. The minimum absolute atomic E-state index is 0.0232. The van der Waals surface area contributed by atoms with E-state index in [-0.39, 0.29) is 12.5 Å². The molecule has 0 atom stereocenters. The number of terminal acetylenes is 1. The lowest BCUT2D eigenvalue weighted by molar-refractivity contribution is -0.137. The molecule has 0 aliphatic carbocycles. The third kappa shape index (κ3) is 4.75. The van der Waals surface area contributed by atoms with Gasteiger partial charge in [-0.3, -0.25) is 9.59 Å². The van der Waals surface area contributed by atoms with E-state index in [1.165, 1.54) is 0 Å². The lowest BCUT2D eigenvalue weighted by atomic mass is 10.1. The fourth-order valence-electron chi connectivity index (χ4n) is 1.77. The molecule has 1 rings (SSSR count). The zero-order valence-corrected chi connectivity index (χ0v) is 11.7. The number of aliphatic carboxylic acids is 1. The SMILES string of the molecule is C#CCN(CC(=O)O)C(=O)c1ccc(CN(C)C)cc1. The van der Waals surface area contributed by atoms with E-state index in [9.17, 15) is 9.59 Å². The molecule has 5 heteroatoms. The molecule has 0 fully saturated rings. The summed E-state index contributed by atoms with van der Waals surface area (Å²) in [5.41, 5.74) is 1.51. The van der Waals surface area contributed by atoms with Gasteiger partial charge in [0.25, 0.3) is 5.91 Å². The number of carboxylic acids is 1. The van der Waals surface area contributed by atoms with E-state index in [1.54, 1.807) is 12.1 Å². The average molecular weight is 274 g/mol. The van der Waals surface area contributed by atoms with E-state index >= 15 is 0 Å². The molecule has 0 bridgehead atoms. The van der Waals surface area contributed by atoms with Crippen LogP contribution >= 0.6 is 0 Å². The minimum Gasteiger partial charge on any atom is -0.480 e. The topological polar surface area (TPSA) is 60.9 Å². The van der Waals surface area contributed by atoms with Gasteiger partial charge in [-0.25, -0.2) is 0 Å². The lowest BCUT2D eigenvalue weighted by Gasteiger charge is -2.18. The molecule has 0 saturated carbocycles. The maximum Gasteiger partial charge on any atom is 0.323 e. The van der Waals surface area contributed by atoms with Crippen molar-refractivity contribution in [2.45, 2.75) is 6.54 Å². The molecule has 1 N–H and O–H groups in total. The van der Waals surface area contributed by atoms with Crippen molar-refractivity contribution in [2.75, 3.05) is 27.2 Å². The summed E-state index contributed by atoms with van der Waals surface area (Å²) in [5.74, 6) is 0.838. The number of hydrogen-bond donors (Lipinski definition) is 1. The number of nitrogens with zero attached hydrogens (tertiary/aromatic N) is 2. The molecule has 0 heterocycles. The van der Waals surface area contributed by atoms with Crippen molar-refractivity contribution in [1.82, 2.24) is 9.80 Å². The van der Waals surface area contributed by atoms with Gasteiger partial charge in [0.1, 0.15) is 6.54 Å². The number of carboxylic acid groups (broad SMARTS) is 1. The standard InChI is InChI=1S/C15H18N2O3/c1-4-9-17(11-14(18)19)15(20)13-7-5-12(6-8-13)10-16(2)3/h1,5-8H,9-11H2,2-3H3,(H,18,19). The Balaban J connectivity index is 2.84. The number of hydrogen-bond acceptors (Lipinski definition) is 3. The van der Waals surface area contributed by atoms with Gasteiger partial charge in [-0.2, -0.15) is 0 Å². The molecule has 0 spiro atoms. The van der Waals surface area contributed by atoms with Gasteiger partial charge in [0.2, 0.25) is 0 Å². The fraction of sp³-hybridized carbons (Fsp3) is 0.333. The van der Waals surface area contributed by atoms with E-state index in [2.05, 4.69) is 5.92 Å².